The summed E-state index contributed by atoms with van der Waals surface area (Å²) >= 11 is 0. The van der Waals surface area contributed by atoms with Crippen LogP contribution in [0.25, 0.3) is 0 Å². The smallest absolute Gasteiger partial charge is 0.229 e. The molecule has 1 fully saturated rings. The zero-order chi connectivity index (χ0) is 16.8. The van der Waals surface area contributed by atoms with Crippen LogP contribution in [0.1, 0.15) is 49.8 Å². The molecule has 1 heterocycles. The van der Waals surface area contributed by atoms with Gasteiger partial charge in [0.2, 0.25) is 5.95 Å². The maximum Gasteiger partial charge on any atom is 0.229 e. The molecular formula is C19H23N5. The third-order valence-electron chi connectivity index (χ3n) is 4.31. The van der Waals surface area contributed by atoms with Crippen molar-refractivity contribution in [3.05, 3.63) is 41.6 Å². The normalized spacial score (nSPS) is 15.3. The Morgan fingerprint density at radius 1 is 1.08 bits per heavy atom. The Kier molecular flexibility index (Phi) is 5.27. The minimum Gasteiger partial charge on any atom is -0.367 e. The summed E-state index contributed by atoms with van der Waals surface area (Å²) < 4.78 is 0. The van der Waals surface area contributed by atoms with Gasteiger partial charge in [-0.15, -0.1) is 0 Å². The number of benzene rings is 1. The third kappa shape index (κ3) is 4.45. The van der Waals surface area contributed by atoms with Gasteiger partial charge in [0.25, 0.3) is 0 Å². The van der Waals surface area contributed by atoms with Crippen LogP contribution in [0.3, 0.4) is 0 Å². The molecule has 0 aliphatic heterocycles. The van der Waals surface area contributed by atoms with Crippen LogP contribution in [-0.2, 0) is 0 Å². The van der Waals surface area contributed by atoms with Crippen molar-refractivity contribution in [1.29, 1.82) is 5.26 Å². The highest BCUT2D eigenvalue weighted by Crippen LogP contribution is 2.22. The average molecular weight is 321 g/mol. The monoisotopic (exact) mass is 321 g/mol. The van der Waals surface area contributed by atoms with Crippen molar-refractivity contribution in [2.24, 2.45) is 0 Å². The van der Waals surface area contributed by atoms with E-state index < -0.39 is 0 Å². The van der Waals surface area contributed by atoms with Gasteiger partial charge in [0.05, 0.1) is 11.6 Å². The molecule has 1 aromatic heterocycles. The zero-order valence-electron chi connectivity index (χ0n) is 14.0. The van der Waals surface area contributed by atoms with Crippen molar-refractivity contribution in [1.82, 2.24) is 9.97 Å². The molecule has 5 heteroatoms. The molecule has 124 valence electrons. The van der Waals surface area contributed by atoms with E-state index in [9.17, 15) is 0 Å². The number of anilines is 3. The maximum absolute atomic E-state index is 9.00. The first-order valence-electron chi connectivity index (χ1n) is 8.62. The first kappa shape index (κ1) is 16.3. The van der Waals surface area contributed by atoms with E-state index in [-0.39, 0.29) is 0 Å². The molecule has 24 heavy (non-hydrogen) atoms. The van der Waals surface area contributed by atoms with Crippen LogP contribution in [0.5, 0.6) is 0 Å². The number of rotatable bonds is 4. The number of hydrogen-bond donors (Lipinski definition) is 2. The summed E-state index contributed by atoms with van der Waals surface area (Å²) in [4.78, 5) is 9.04. The molecule has 1 saturated carbocycles. The fourth-order valence-electron chi connectivity index (χ4n) is 3.13. The van der Waals surface area contributed by atoms with Gasteiger partial charge in [0.15, 0.2) is 0 Å². The van der Waals surface area contributed by atoms with Gasteiger partial charge >= 0.3 is 0 Å². The van der Waals surface area contributed by atoms with Crippen molar-refractivity contribution < 1.29 is 0 Å². The zero-order valence-corrected chi connectivity index (χ0v) is 14.0. The molecule has 1 aromatic carbocycles. The van der Waals surface area contributed by atoms with Gasteiger partial charge in [-0.25, -0.2) is 4.98 Å². The topological polar surface area (TPSA) is 73.6 Å². The Bertz CT molecular complexity index is 727. The predicted octanol–water partition coefficient (Wildman–Crippen LogP) is 4.54. The highest BCUT2D eigenvalue weighted by atomic mass is 15.1. The Morgan fingerprint density at radius 3 is 2.62 bits per heavy atom. The first-order valence-corrected chi connectivity index (χ1v) is 8.62. The van der Waals surface area contributed by atoms with Crippen LogP contribution < -0.4 is 10.6 Å². The molecule has 0 radical (unpaired) electrons. The van der Waals surface area contributed by atoms with Gasteiger partial charge in [-0.3, -0.25) is 0 Å². The summed E-state index contributed by atoms with van der Waals surface area (Å²) in [7, 11) is 0. The van der Waals surface area contributed by atoms with E-state index in [4.69, 9.17) is 5.26 Å². The molecule has 0 bridgehead atoms. The lowest BCUT2D eigenvalue weighted by Gasteiger charge is -2.17. The van der Waals surface area contributed by atoms with Crippen molar-refractivity contribution in [2.45, 2.75) is 51.5 Å². The number of hydrogen-bond acceptors (Lipinski definition) is 5. The molecule has 0 saturated heterocycles. The molecule has 2 aromatic rings. The van der Waals surface area contributed by atoms with E-state index in [0.29, 0.717) is 17.6 Å². The molecule has 2 N–H and O–H groups in total. The summed E-state index contributed by atoms with van der Waals surface area (Å²) in [5, 5.41) is 15.8. The number of nitrogens with one attached hydrogen (secondary N) is 2. The molecule has 0 unspecified atom stereocenters. The minimum absolute atomic E-state index is 0.497. The largest absolute Gasteiger partial charge is 0.367 e. The molecule has 5 nitrogen and oxygen atoms in total. The molecule has 3 rings (SSSR count). The Morgan fingerprint density at radius 2 is 1.88 bits per heavy atom. The fourth-order valence-corrected chi connectivity index (χ4v) is 3.13. The second-order valence-corrected chi connectivity index (χ2v) is 6.37. The minimum atomic E-state index is 0.497. The molecule has 1 aliphatic carbocycles. The van der Waals surface area contributed by atoms with E-state index >= 15 is 0 Å². The highest BCUT2D eigenvalue weighted by Gasteiger charge is 2.13. The molecule has 0 amide bonds. The number of nitrogens with zero attached hydrogens (tertiary/aromatic N) is 3. The standard InChI is InChI=1S/C19H23N5/c1-14-11-18(22-16-8-4-2-3-5-9-16)24-19(21-14)23-17-10-6-7-15(12-17)13-20/h6-7,10-12,16H,2-5,8-9H2,1H3,(H2,21,22,23,24). The van der Waals surface area contributed by atoms with E-state index in [0.717, 1.165) is 17.2 Å². The van der Waals surface area contributed by atoms with Crippen molar-refractivity contribution in [2.75, 3.05) is 10.6 Å². The summed E-state index contributed by atoms with van der Waals surface area (Å²) in [5.41, 5.74) is 2.35. The van der Waals surface area contributed by atoms with Crippen LogP contribution >= 0.6 is 0 Å². The first-order chi connectivity index (χ1) is 11.7. The lowest BCUT2D eigenvalue weighted by Crippen LogP contribution is -2.19. The van der Waals surface area contributed by atoms with Crippen molar-refractivity contribution >= 4 is 17.5 Å². The predicted molar refractivity (Wildman–Crippen MR) is 96.3 cm³/mol. The second-order valence-electron chi connectivity index (χ2n) is 6.37. The Hall–Kier alpha value is -2.61. The summed E-state index contributed by atoms with van der Waals surface area (Å²) in [6, 6.07) is 12.0. The average Bonchev–Trinajstić information content (AvgIpc) is 2.83. The number of aromatic nitrogens is 2. The van der Waals surface area contributed by atoms with Crippen LogP contribution in [0, 0.1) is 18.3 Å². The SMILES string of the molecule is Cc1cc(NC2CCCCCC2)nc(Nc2cccc(C#N)c2)n1. The van der Waals surface area contributed by atoms with Gasteiger partial charge in [-0.05, 0) is 38.0 Å². The third-order valence-corrected chi connectivity index (χ3v) is 4.31. The van der Waals surface area contributed by atoms with Gasteiger partial charge in [-0.1, -0.05) is 31.7 Å². The Balaban J connectivity index is 1.74. The molecular weight excluding hydrogens is 298 g/mol. The lowest BCUT2D eigenvalue weighted by molar-refractivity contribution is 0.617. The fraction of sp³-hybridized carbons (Fsp3) is 0.421. The Labute approximate surface area is 143 Å². The van der Waals surface area contributed by atoms with Crippen LogP contribution in [0.15, 0.2) is 30.3 Å². The van der Waals surface area contributed by atoms with Gasteiger partial charge in [0, 0.05) is 23.5 Å². The second kappa shape index (κ2) is 7.78. The molecule has 1 aliphatic rings. The lowest BCUT2D eigenvalue weighted by atomic mass is 10.1. The van der Waals surface area contributed by atoms with E-state index in [1.807, 2.05) is 25.1 Å². The maximum atomic E-state index is 9.00. The van der Waals surface area contributed by atoms with Crippen LogP contribution in [-0.4, -0.2) is 16.0 Å². The summed E-state index contributed by atoms with van der Waals surface area (Å²) in [6.45, 7) is 1.97. The molecule has 0 atom stereocenters. The van der Waals surface area contributed by atoms with E-state index in [1.54, 1.807) is 12.1 Å². The van der Waals surface area contributed by atoms with Crippen molar-refractivity contribution in [3.8, 4) is 6.07 Å². The highest BCUT2D eigenvalue weighted by molar-refractivity contribution is 5.57. The number of aryl methyl sites for hydroxylation is 1. The van der Waals surface area contributed by atoms with Crippen molar-refractivity contribution in [3.63, 3.8) is 0 Å². The molecule has 0 spiro atoms. The van der Waals surface area contributed by atoms with Crippen LogP contribution in [0.4, 0.5) is 17.5 Å². The van der Waals surface area contributed by atoms with Gasteiger partial charge in [-0.2, -0.15) is 10.2 Å². The number of nitriles is 1. The summed E-state index contributed by atoms with van der Waals surface area (Å²) in [5.74, 6) is 1.43. The van der Waals surface area contributed by atoms with Crippen LogP contribution in [0.2, 0.25) is 0 Å². The van der Waals surface area contributed by atoms with Gasteiger partial charge < -0.3 is 10.6 Å². The van der Waals surface area contributed by atoms with E-state index in [1.165, 1.54) is 38.5 Å². The van der Waals surface area contributed by atoms with Gasteiger partial charge in [0.1, 0.15) is 5.82 Å². The quantitative estimate of drug-likeness (QED) is 0.809. The summed E-state index contributed by atoms with van der Waals surface area (Å²) in [6.07, 6.45) is 7.65. The van der Waals surface area contributed by atoms with E-state index in [2.05, 4.69) is 26.7 Å².